The maximum absolute atomic E-state index is 12.2. The van der Waals surface area contributed by atoms with Crippen LogP contribution in [0.3, 0.4) is 0 Å². The second-order valence-electron chi connectivity index (χ2n) is 8.68. The largest absolute Gasteiger partial charge is 0.465 e. The number of ether oxygens (including phenoxy) is 1. The van der Waals surface area contributed by atoms with Gasteiger partial charge in [0.2, 0.25) is 0 Å². The first-order valence-corrected chi connectivity index (χ1v) is 10.8. The molecule has 2 aliphatic rings. The summed E-state index contributed by atoms with van der Waals surface area (Å²) in [5.41, 5.74) is 0. The van der Waals surface area contributed by atoms with Crippen LogP contribution in [0.4, 0.5) is 0 Å². The first-order chi connectivity index (χ1) is 11.6. The summed E-state index contributed by atoms with van der Waals surface area (Å²) in [6.07, 6.45) is 15.8. The van der Waals surface area contributed by atoms with Crippen LogP contribution in [-0.2, 0) is 9.53 Å². The van der Waals surface area contributed by atoms with Gasteiger partial charge in [0.15, 0.2) is 0 Å². The van der Waals surface area contributed by atoms with Crippen molar-refractivity contribution in [3.05, 3.63) is 0 Å². The normalized spacial score (nSPS) is 32.3. The first-order valence-electron chi connectivity index (χ1n) is 10.8. The third-order valence-electron chi connectivity index (χ3n) is 6.84. The van der Waals surface area contributed by atoms with Gasteiger partial charge < -0.3 is 4.74 Å². The van der Waals surface area contributed by atoms with Crippen LogP contribution in [0.5, 0.6) is 0 Å². The molecule has 2 heteroatoms. The molecular weight excluding hydrogens is 296 g/mol. The lowest BCUT2D eigenvalue weighted by Crippen LogP contribution is -2.29. The van der Waals surface area contributed by atoms with Gasteiger partial charge in [-0.1, -0.05) is 59.3 Å². The number of esters is 1. The van der Waals surface area contributed by atoms with E-state index in [1.807, 2.05) is 0 Å². The molecular formula is C22H40O2. The average molecular weight is 337 g/mol. The predicted molar refractivity (Wildman–Crippen MR) is 101 cm³/mol. The molecule has 2 aliphatic carbocycles. The Morgan fingerprint density at radius 3 is 2.08 bits per heavy atom. The number of rotatable bonds is 8. The van der Waals surface area contributed by atoms with Gasteiger partial charge in [-0.15, -0.1) is 0 Å². The smallest absolute Gasteiger partial charge is 0.308 e. The van der Waals surface area contributed by atoms with Crippen LogP contribution in [0.2, 0.25) is 0 Å². The van der Waals surface area contributed by atoms with E-state index in [0.717, 1.165) is 37.0 Å². The maximum atomic E-state index is 12.2. The zero-order valence-corrected chi connectivity index (χ0v) is 16.4. The Hall–Kier alpha value is -0.530. The van der Waals surface area contributed by atoms with Crippen molar-refractivity contribution in [2.75, 3.05) is 6.61 Å². The molecule has 0 radical (unpaired) electrons. The minimum absolute atomic E-state index is 0.0806. The van der Waals surface area contributed by atoms with Crippen LogP contribution in [0.1, 0.15) is 97.8 Å². The van der Waals surface area contributed by atoms with Gasteiger partial charge in [0, 0.05) is 0 Å². The van der Waals surface area contributed by atoms with Crippen molar-refractivity contribution in [2.45, 2.75) is 97.8 Å². The van der Waals surface area contributed by atoms with Crippen LogP contribution in [0, 0.1) is 29.6 Å². The summed E-state index contributed by atoms with van der Waals surface area (Å²) < 4.78 is 5.53. The van der Waals surface area contributed by atoms with E-state index in [9.17, 15) is 4.79 Å². The fraction of sp³-hybridized carbons (Fsp3) is 0.955. The fourth-order valence-corrected chi connectivity index (χ4v) is 4.73. The van der Waals surface area contributed by atoms with Gasteiger partial charge in [-0.05, 0) is 62.2 Å². The Bertz CT molecular complexity index is 349. The van der Waals surface area contributed by atoms with Gasteiger partial charge in [0.1, 0.15) is 0 Å². The lowest BCUT2D eigenvalue weighted by molar-refractivity contribution is -0.151. The quantitative estimate of drug-likeness (QED) is 0.481. The minimum atomic E-state index is 0.0806. The van der Waals surface area contributed by atoms with Gasteiger partial charge >= 0.3 is 5.97 Å². The topological polar surface area (TPSA) is 26.3 Å². The second-order valence-corrected chi connectivity index (χ2v) is 8.68. The monoisotopic (exact) mass is 336 g/mol. The molecule has 0 bridgehead atoms. The highest BCUT2D eigenvalue weighted by atomic mass is 16.5. The van der Waals surface area contributed by atoms with Gasteiger partial charge in [0.25, 0.3) is 0 Å². The van der Waals surface area contributed by atoms with Crippen molar-refractivity contribution in [3.8, 4) is 0 Å². The molecule has 0 amide bonds. The van der Waals surface area contributed by atoms with Crippen LogP contribution in [0.15, 0.2) is 0 Å². The molecule has 0 aromatic rings. The van der Waals surface area contributed by atoms with E-state index < -0.39 is 0 Å². The van der Waals surface area contributed by atoms with E-state index in [2.05, 4.69) is 20.8 Å². The van der Waals surface area contributed by atoms with Crippen molar-refractivity contribution in [1.29, 1.82) is 0 Å². The Morgan fingerprint density at radius 1 is 0.958 bits per heavy atom. The Kier molecular flexibility index (Phi) is 8.62. The van der Waals surface area contributed by atoms with E-state index in [-0.39, 0.29) is 11.9 Å². The first kappa shape index (κ1) is 19.8. The van der Waals surface area contributed by atoms with Crippen molar-refractivity contribution < 1.29 is 9.53 Å². The third kappa shape index (κ3) is 6.08. The van der Waals surface area contributed by atoms with Gasteiger partial charge in [-0.3, -0.25) is 4.79 Å². The van der Waals surface area contributed by atoms with Gasteiger partial charge in [-0.25, -0.2) is 0 Å². The zero-order chi connectivity index (χ0) is 17.4. The van der Waals surface area contributed by atoms with Gasteiger partial charge in [0.05, 0.1) is 12.5 Å². The summed E-state index contributed by atoms with van der Waals surface area (Å²) in [5, 5.41) is 0. The minimum Gasteiger partial charge on any atom is -0.465 e. The second kappa shape index (κ2) is 10.5. The molecule has 2 saturated carbocycles. The molecule has 1 atom stereocenters. The van der Waals surface area contributed by atoms with E-state index in [0.29, 0.717) is 12.5 Å². The summed E-state index contributed by atoms with van der Waals surface area (Å²) in [4.78, 5) is 12.2. The Balaban J connectivity index is 1.65. The number of unbranched alkanes of at least 4 members (excludes halogenated alkanes) is 1. The molecule has 140 valence electrons. The number of carbonyl (C=O) groups excluding carboxylic acids is 1. The van der Waals surface area contributed by atoms with Crippen molar-refractivity contribution in [3.63, 3.8) is 0 Å². The van der Waals surface area contributed by atoms with Crippen LogP contribution in [0.25, 0.3) is 0 Å². The lowest BCUT2D eigenvalue weighted by atomic mass is 9.68. The van der Waals surface area contributed by atoms with E-state index in [1.165, 1.54) is 57.8 Å². The zero-order valence-electron chi connectivity index (χ0n) is 16.4. The number of carbonyl (C=O) groups is 1. The molecule has 0 spiro atoms. The molecule has 2 fully saturated rings. The fourth-order valence-electron chi connectivity index (χ4n) is 4.73. The standard InChI is InChI=1S/C22H40O2/c1-4-6-7-18-8-10-19(11-9-18)20-12-14-21(15-13-20)22(23)24-16-17(3)5-2/h17-21H,4-16H2,1-3H3/t17-,18?,19?,20?,21?/m0/s1. The summed E-state index contributed by atoms with van der Waals surface area (Å²) >= 11 is 0. The molecule has 2 rings (SSSR count). The van der Waals surface area contributed by atoms with Crippen molar-refractivity contribution >= 4 is 5.97 Å². The molecule has 0 unspecified atom stereocenters. The van der Waals surface area contributed by atoms with Gasteiger partial charge in [-0.2, -0.15) is 0 Å². The SMILES string of the molecule is CCCCC1CCC(C2CCC(C(=O)OC[C@@H](C)CC)CC2)CC1. The molecule has 0 aromatic carbocycles. The third-order valence-corrected chi connectivity index (χ3v) is 6.84. The highest BCUT2D eigenvalue weighted by Gasteiger charge is 2.33. The summed E-state index contributed by atoms with van der Waals surface area (Å²) in [6, 6.07) is 0. The van der Waals surface area contributed by atoms with Crippen molar-refractivity contribution in [1.82, 2.24) is 0 Å². The molecule has 0 saturated heterocycles. The number of hydrogen-bond acceptors (Lipinski definition) is 2. The number of hydrogen-bond donors (Lipinski definition) is 0. The van der Waals surface area contributed by atoms with Crippen LogP contribution < -0.4 is 0 Å². The Morgan fingerprint density at radius 2 is 1.54 bits per heavy atom. The highest BCUT2D eigenvalue weighted by molar-refractivity contribution is 5.72. The molecule has 0 aliphatic heterocycles. The summed E-state index contributed by atoms with van der Waals surface area (Å²) in [5.74, 6) is 3.60. The van der Waals surface area contributed by atoms with E-state index >= 15 is 0 Å². The molecule has 0 aromatic heterocycles. The van der Waals surface area contributed by atoms with E-state index in [1.54, 1.807) is 0 Å². The van der Waals surface area contributed by atoms with Crippen LogP contribution >= 0.6 is 0 Å². The van der Waals surface area contributed by atoms with Crippen molar-refractivity contribution in [2.24, 2.45) is 29.6 Å². The molecule has 0 N–H and O–H groups in total. The molecule has 24 heavy (non-hydrogen) atoms. The summed E-state index contributed by atoms with van der Waals surface area (Å²) in [6.45, 7) is 7.22. The lowest BCUT2D eigenvalue weighted by Gasteiger charge is -2.37. The summed E-state index contributed by atoms with van der Waals surface area (Å²) in [7, 11) is 0. The predicted octanol–water partition coefficient (Wildman–Crippen LogP) is 6.38. The maximum Gasteiger partial charge on any atom is 0.308 e. The average Bonchev–Trinajstić information content (AvgIpc) is 2.64. The van der Waals surface area contributed by atoms with E-state index in [4.69, 9.17) is 4.74 Å². The van der Waals surface area contributed by atoms with Crippen LogP contribution in [-0.4, -0.2) is 12.6 Å². The molecule has 0 heterocycles. The highest BCUT2D eigenvalue weighted by Crippen LogP contribution is 2.42. The molecule has 2 nitrogen and oxygen atoms in total. The Labute approximate surface area is 150 Å².